The molecule has 0 spiro atoms. The second-order valence-electron chi connectivity index (χ2n) is 5.43. The van der Waals surface area contributed by atoms with Gasteiger partial charge in [0.25, 0.3) is 0 Å². The summed E-state index contributed by atoms with van der Waals surface area (Å²) in [7, 11) is 1.69. The fraction of sp³-hybridized carbons (Fsp3) is 0.769. The third-order valence-electron chi connectivity index (χ3n) is 4.47. The van der Waals surface area contributed by atoms with Crippen LogP contribution in [0.4, 0.5) is 0 Å². The summed E-state index contributed by atoms with van der Waals surface area (Å²) in [6, 6.07) is 0.0835. The maximum absolute atomic E-state index is 6.44. The molecule has 0 amide bonds. The number of fused-ring (bicyclic) bond motifs is 1. The summed E-state index contributed by atoms with van der Waals surface area (Å²) in [6.07, 6.45) is 5.82. The summed E-state index contributed by atoms with van der Waals surface area (Å²) in [4.78, 5) is 0. The van der Waals surface area contributed by atoms with E-state index in [0.717, 1.165) is 29.8 Å². The molecule has 4 heteroatoms. The monoisotopic (exact) mass is 235 g/mol. The van der Waals surface area contributed by atoms with Crippen LogP contribution in [0.3, 0.4) is 0 Å². The number of rotatable bonds is 4. The smallest absolute Gasteiger partial charge is 0.161 e. The molecule has 2 N–H and O–H groups in total. The lowest BCUT2D eigenvalue weighted by Gasteiger charge is -2.22. The molecule has 0 aromatic carbocycles. The predicted molar refractivity (Wildman–Crippen MR) is 65.7 cm³/mol. The van der Waals surface area contributed by atoms with Crippen LogP contribution in [0.2, 0.25) is 0 Å². The van der Waals surface area contributed by atoms with Crippen LogP contribution in [-0.4, -0.2) is 16.9 Å². The standard InChI is InChI=1S/C13H21N3O/c1-3-16-13(11(17-2)7-15-16)12(14)10-5-8-4-9(8)6-10/h7-10,12H,3-6,14H2,1-2H3. The van der Waals surface area contributed by atoms with Crippen LogP contribution in [0, 0.1) is 17.8 Å². The van der Waals surface area contributed by atoms with Crippen LogP contribution >= 0.6 is 0 Å². The Morgan fingerprint density at radius 2 is 2.18 bits per heavy atom. The predicted octanol–water partition coefficient (Wildman–Crippen LogP) is 1.96. The van der Waals surface area contributed by atoms with E-state index in [2.05, 4.69) is 12.0 Å². The summed E-state index contributed by atoms with van der Waals surface area (Å²) in [6.45, 7) is 2.95. The average molecular weight is 235 g/mol. The van der Waals surface area contributed by atoms with Gasteiger partial charge in [0.05, 0.1) is 25.0 Å². The van der Waals surface area contributed by atoms with Crippen molar-refractivity contribution in [2.75, 3.05) is 7.11 Å². The Balaban J connectivity index is 1.83. The minimum Gasteiger partial charge on any atom is -0.493 e. The number of nitrogens with zero attached hydrogens (tertiary/aromatic N) is 2. The third-order valence-corrected chi connectivity index (χ3v) is 4.47. The Hall–Kier alpha value is -1.03. The van der Waals surface area contributed by atoms with E-state index < -0.39 is 0 Å². The number of methoxy groups -OCH3 is 1. The highest BCUT2D eigenvalue weighted by Gasteiger charge is 2.48. The summed E-state index contributed by atoms with van der Waals surface area (Å²) in [5.74, 6) is 3.40. The van der Waals surface area contributed by atoms with Gasteiger partial charge in [-0.2, -0.15) is 5.10 Å². The molecule has 94 valence electrons. The fourth-order valence-electron chi connectivity index (χ4n) is 3.40. The van der Waals surface area contributed by atoms with Gasteiger partial charge in [-0.3, -0.25) is 4.68 Å². The molecule has 3 unspecified atom stereocenters. The largest absolute Gasteiger partial charge is 0.493 e. The molecule has 3 rings (SSSR count). The maximum atomic E-state index is 6.44. The van der Waals surface area contributed by atoms with Gasteiger partial charge in [-0.1, -0.05) is 0 Å². The molecule has 0 aliphatic heterocycles. The molecule has 4 nitrogen and oxygen atoms in total. The molecule has 2 saturated carbocycles. The van der Waals surface area contributed by atoms with Crippen molar-refractivity contribution in [3.05, 3.63) is 11.9 Å². The van der Waals surface area contributed by atoms with E-state index in [4.69, 9.17) is 10.5 Å². The van der Waals surface area contributed by atoms with Gasteiger partial charge in [0.15, 0.2) is 5.75 Å². The van der Waals surface area contributed by atoms with E-state index in [9.17, 15) is 0 Å². The van der Waals surface area contributed by atoms with Crippen molar-refractivity contribution in [2.24, 2.45) is 23.5 Å². The van der Waals surface area contributed by atoms with Crippen LogP contribution in [-0.2, 0) is 6.54 Å². The van der Waals surface area contributed by atoms with E-state index in [0.29, 0.717) is 5.92 Å². The van der Waals surface area contributed by atoms with Gasteiger partial charge in [-0.15, -0.1) is 0 Å². The van der Waals surface area contributed by atoms with E-state index in [1.807, 2.05) is 4.68 Å². The van der Waals surface area contributed by atoms with Crippen molar-refractivity contribution in [3.8, 4) is 5.75 Å². The SMILES string of the molecule is CCn1ncc(OC)c1C(N)C1CC2CC2C1. The first kappa shape index (κ1) is 11.1. The molecular weight excluding hydrogens is 214 g/mol. The Labute approximate surface area is 102 Å². The number of nitrogens with two attached hydrogens (primary N) is 1. The molecule has 0 radical (unpaired) electrons. The molecule has 1 aromatic rings. The van der Waals surface area contributed by atoms with Crippen LogP contribution in [0.5, 0.6) is 5.75 Å². The molecule has 17 heavy (non-hydrogen) atoms. The zero-order chi connectivity index (χ0) is 12.0. The molecule has 1 aromatic heterocycles. The quantitative estimate of drug-likeness (QED) is 0.868. The van der Waals surface area contributed by atoms with Gasteiger partial charge in [0, 0.05) is 6.54 Å². The second-order valence-corrected chi connectivity index (χ2v) is 5.43. The molecule has 0 bridgehead atoms. The van der Waals surface area contributed by atoms with Crippen LogP contribution in [0.1, 0.15) is 37.9 Å². The zero-order valence-electron chi connectivity index (χ0n) is 10.6. The summed E-state index contributed by atoms with van der Waals surface area (Å²) >= 11 is 0. The lowest BCUT2D eigenvalue weighted by Crippen LogP contribution is -2.24. The van der Waals surface area contributed by atoms with Crippen LogP contribution in [0.15, 0.2) is 6.20 Å². The zero-order valence-corrected chi connectivity index (χ0v) is 10.6. The first-order valence-electron chi connectivity index (χ1n) is 6.59. The highest BCUT2D eigenvalue weighted by atomic mass is 16.5. The average Bonchev–Trinajstić information content (AvgIpc) is 2.82. The van der Waals surface area contributed by atoms with E-state index in [1.165, 1.54) is 19.3 Å². The Morgan fingerprint density at radius 3 is 2.76 bits per heavy atom. The highest BCUT2D eigenvalue weighted by molar-refractivity contribution is 5.29. The van der Waals surface area contributed by atoms with Gasteiger partial charge in [0.2, 0.25) is 0 Å². The van der Waals surface area contributed by atoms with E-state index in [-0.39, 0.29) is 6.04 Å². The van der Waals surface area contributed by atoms with Gasteiger partial charge < -0.3 is 10.5 Å². The van der Waals surface area contributed by atoms with Gasteiger partial charge in [-0.25, -0.2) is 0 Å². The van der Waals surface area contributed by atoms with Gasteiger partial charge in [0.1, 0.15) is 0 Å². The number of ether oxygens (including phenoxy) is 1. The molecule has 3 atom stereocenters. The minimum atomic E-state index is 0.0835. The lowest BCUT2D eigenvalue weighted by molar-refractivity contribution is 0.356. The van der Waals surface area contributed by atoms with Gasteiger partial charge >= 0.3 is 0 Å². The fourth-order valence-corrected chi connectivity index (χ4v) is 3.40. The van der Waals surface area contributed by atoms with Crippen LogP contribution < -0.4 is 10.5 Å². The molecule has 2 aliphatic carbocycles. The molecule has 1 heterocycles. The Kier molecular flexibility index (Phi) is 2.62. The first-order chi connectivity index (χ1) is 8.24. The normalized spacial score (nSPS) is 32.3. The molecular formula is C13H21N3O. The first-order valence-corrected chi connectivity index (χ1v) is 6.59. The number of hydrogen-bond acceptors (Lipinski definition) is 3. The second kappa shape index (κ2) is 4.02. The summed E-state index contributed by atoms with van der Waals surface area (Å²) in [5, 5.41) is 4.34. The summed E-state index contributed by atoms with van der Waals surface area (Å²) < 4.78 is 7.36. The molecule has 0 saturated heterocycles. The van der Waals surface area contributed by atoms with Crippen LogP contribution in [0.25, 0.3) is 0 Å². The van der Waals surface area contributed by atoms with Crippen molar-refractivity contribution < 1.29 is 4.74 Å². The maximum Gasteiger partial charge on any atom is 0.161 e. The van der Waals surface area contributed by atoms with Crippen molar-refractivity contribution >= 4 is 0 Å². The third kappa shape index (κ3) is 1.75. The topological polar surface area (TPSA) is 53.1 Å². The highest BCUT2D eigenvalue weighted by Crippen LogP contribution is 2.57. The summed E-state index contributed by atoms with van der Waals surface area (Å²) in [5.41, 5.74) is 7.52. The number of aromatic nitrogens is 2. The van der Waals surface area contributed by atoms with Crippen molar-refractivity contribution in [1.82, 2.24) is 9.78 Å². The van der Waals surface area contributed by atoms with E-state index >= 15 is 0 Å². The Morgan fingerprint density at radius 1 is 1.47 bits per heavy atom. The van der Waals surface area contributed by atoms with Gasteiger partial charge in [-0.05, 0) is 43.9 Å². The lowest BCUT2D eigenvalue weighted by atomic mass is 9.92. The van der Waals surface area contributed by atoms with Crippen molar-refractivity contribution in [3.63, 3.8) is 0 Å². The Bertz CT molecular complexity index is 383. The van der Waals surface area contributed by atoms with Crippen molar-refractivity contribution in [1.29, 1.82) is 0 Å². The number of hydrogen-bond donors (Lipinski definition) is 1. The number of aryl methyl sites for hydroxylation is 1. The van der Waals surface area contributed by atoms with Crippen molar-refractivity contribution in [2.45, 2.75) is 38.8 Å². The minimum absolute atomic E-state index is 0.0835. The molecule has 2 aliphatic rings. The van der Waals surface area contributed by atoms with E-state index in [1.54, 1.807) is 13.3 Å². The molecule has 2 fully saturated rings.